The van der Waals surface area contributed by atoms with Gasteiger partial charge in [-0.2, -0.15) is 0 Å². The van der Waals surface area contributed by atoms with Crippen molar-refractivity contribution in [1.82, 2.24) is 10.0 Å². The zero-order valence-corrected chi connectivity index (χ0v) is 14.7. The van der Waals surface area contributed by atoms with E-state index in [0.29, 0.717) is 12.0 Å². The van der Waals surface area contributed by atoms with Crippen LogP contribution in [0, 0.1) is 0 Å². The number of nitrogens with one attached hydrogen (secondary N) is 2. The number of nitrogens with zero attached hydrogens (tertiary/aromatic N) is 1. The molecule has 4 N–H and O–H groups in total. The Morgan fingerprint density at radius 1 is 1.37 bits per heavy atom. The summed E-state index contributed by atoms with van der Waals surface area (Å²) in [5.41, 5.74) is 5.71. The first kappa shape index (κ1) is 18.9. The van der Waals surface area contributed by atoms with Gasteiger partial charge in [0.05, 0.1) is 12.3 Å². The van der Waals surface area contributed by atoms with Crippen molar-refractivity contribution in [1.29, 1.82) is 0 Å². The Kier molecular flexibility index (Phi) is 8.92. The van der Waals surface area contributed by atoms with Crippen molar-refractivity contribution < 1.29 is 8.42 Å². The van der Waals surface area contributed by atoms with E-state index in [1.54, 1.807) is 13.8 Å². The predicted octanol–water partition coefficient (Wildman–Crippen LogP) is 0.779. The number of guanidine groups is 1. The van der Waals surface area contributed by atoms with Crippen LogP contribution in [0.25, 0.3) is 0 Å². The highest BCUT2D eigenvalue weighted by molar-refractivity contribution is 14.0. The summed E-state index contributed by atoms with van der Waals surface area (Å²) in [6.07, 6.45) is 4.67. The zero-order chi connectivity index (χ0) is 13.6. The van der Waals surface area contributed by atoms with Crippen molar-refractivity contribution in [2.24, 2.45) is 10.7 Å². The molecule has 1 saturated carbocycles. The van der Waals surface area contributed by atoms with Gasteiger partial charge < -0.3 is 11.1 Å². The van der Waals surface area contributed by atoms with E-state index in [-0.39, 0.29) is 42.3 Å². The van der Waals surface area contributed by atoms with Crippen LogP contribution < -0.4 is 15.8 Å². The molecule has 0 radical (unpaired) electrons. The first-order valence-electron chi connectivity index (χ1n) is 6.45. The maximum absolute atomic E-state index is 11.5. The third kappa shape index (κ3) is 8.64. The Morgan fingerprint density at radius 2 is 1.95 bits per heavy atom. The molecule has 0 spiro atoms. The summed E-state index contributed by atoms with van der Waals surface area (Å²) in [5.74, 6) is 0.319. The number of rotatable bonds is 6. The van der Waals surface area contributed by atoms with E-state index in [9.17, 15) is 8.42 Å². The second kappa shape index (κ2) is 8.96. The van der Waals surface area contributed by atoms with Gasteiger partial charge in [0.1, 0.15) is 0 Å². The number of aliphatic imine (C=N–C) groups is 1. The molecular formula is C11H25IN4O2S. The van der Waals surface area contributed by atoms with Crippen molar-refractivity contribution in [3.63, 3.8) is 0 Å². The highest BCUT2D eigenvalue weighted by atomic mass is 127. The van der Waals surface area contributed by atoms with Gasteiger partial charge in [-0.1, -0.05) is 12.8 Å². The third-order valence-corrected chi connectivity index (χ3v) is 4.32. The fourth-order valence-electron chi connectivity index (χ4n) is 2.03. The third-order valence-electron chi connectivity index (χ3n) is 2.76. The fraction of sp³-hybridized carbons (Fsp3) is 0.909. The quantitative estimate of drug-likeness (QED) is 0.346. The van der Waals surface area contributed by atoms with Crippen LogP contribution in [0.15, 0.2) is 4.99 Å². The summed E-state index contributed by atoms with van der Waals surface area (Å²) >= 11 is 0. The largest absolute Gasteiger partial charge is 0.370 e. The predicted molar refractivity (Wildman–Crippen MR) is 89.4 cm³/mol. The molecule has 0 aliphatic heterocycles. The Labute approximate surface area is 133 Å². The van der Waals surface area contributed by atoms with Crippen LogP contribution >= 0.6 is 24.0 Å². The van der Waals surface area contributed by atoms with Crippen LogP contribution in [0.1, 0.15) is 39.5 Å². The minimum absolute atomic E-state index is 0. The lowest BCUT2D eigenvalue weighted by molar-refractivity contribution is 0.569. The number of nitrogens with two attached hydrogens (primary N) is 1. The zero-order valence-electron chi connectivity index (χ0n) is 11.6. The molecule has 0 amide bonds. The normalized spacial score (nSPS) is 17.5. The lowest BCUT2D eigenvalue weighted by atomic mass is 10.3. The maximum atomic E-state index is 11.5. The molecule has 0 unspecified atom stereocenters. The highest BCUT2D eigenvalue weighted by Crippen LogP contribution is 2.17. The molecule has 1 aliphatic rings. The Balaban J connectivity index is 0.00000324. The molecule has 6 nitrogen and oxygen atoms in total. The van der Waals surface area contributed by atoms with Gasteiger partial charge in [0, 0.05) is 12.1 Å². The van der Waals surface area contributed by atoms with Crippen LogP contribution in [0.3, 0.4) is 0 Å². The lowest BCUT2D eigenvalue weighted by Gasteiger charge is -2.12. The first-order chi connectivity index (χ1) is 8.39. The summed E-state index contributed by atoms with van der Waals surface area (Å²) in [5, 5.41) is 3.12. The number of hydrogen-bond donors (Lipinski definition) is 3. The molecule has 0 bridgehead atoms. The summed E-state index contributed by atoms with van der Waals surface area (Å²) in [6.45, 7) is 3.77. The Hall–Kier alpha value is -0.0900. The van der Waals surface area contributed by atoms with E-state index in [1.165, 1.54) is 12.8 Å². The number of halogens is 1. The average Bonchev–Trinajstić information content (AvgIpc) is 2.67. The van der Waals surface area contributed by atoms with Gasteiger partial charge in [0.25, 0.3) is 0 Å². The summed E-state index contributed by atoms with van der Waals surface area (Å²) in [6, 6.07) is 0.312. The van der Waals surface area contributed by atoms with E-state index in [0.717, 1.165) is 12.8 Å². The van der Waals surface area contributed by atoms with Gasteiger partial charge in [-0.3, -0.25) is 4.99 Å². The molecule has 1 rings (SSSR count). The molecule has 0 aromatic heterocycles. The summed E-state index contributed by atoms with van der Waals surface area (Å²) < 4.78 is 25.6. The molecule has 1 aliphatic carbocycles. The molecule has 0 saturated heterocycles. The van der Waals surface area contributed by atoms with E-state index < -0.39 is 10.0 Å². The molecular weight excluding hydrogens is 379 g/mol. The van der Waals surface area contributed by atoms with Gasteiger partial charge in [-0.05, 0) is 26.7 Å². The highest BCUT2D eigenvalue weighted by Gasteiger charge is 2.15. The molecule has 114 valence electrons. The molecule has 0 heterocycles. The summed E-state index contributed by atoms with van der Waals surface area (Å²) in [7, 11) is -3.24. The molecule has 1 fully saturated rings. The van der Waals surface area contributed by atoms with Gasteiger partial charge in [-0.15, -0.1) is 24.0 Å². The van der Waals surface area contributed by atoms with Gasteiger partial charge in [0.2, 0.25) is 10.0 Å². The topological polar surface area (TPSA) is 96.6 Å². The minimum Gasteiger partial charge on any atom is -0.370 e. The monoisotopic (exact) mass is 404 g/mol. The van der Waals surface area contributed by atoms with Crippen molar-refractivity contribution in [3.05, 3.63) is 0 Å². The fourth-order valence-corrected chi connectivity index (χ4v) is 3.20. The number of sulfonamides is 1. The van der Waals surface area contributed by atoms with Gasteiger partial charge in [0.15, 0.2) is 5.96 Å². The van der Waals surface area contributed by atoms with Crippen LogP contribution in [-0.2, 0) is 10.0 Å². The first-order valence-corrected chi connectivity index (χ1v) is 8.11. The Bertz CT molecular complexity index is 378. The van der Waals surface area contributed by atoms with Crippen LogP contribution in [0.4, 0.5) is 0 Å². The van der Waals surface area contributed by atoms with Crippen molar-refractivity contribution in [3.8, 4) is 0 Å². The smallest absolute Gasteiger partial charge is 0.213 e. The molecule has 0 atom stereocenters. The van der Waals surface area contributed by atoms with E-state index in [4.69, 9.17) is 5.73 Å². The summed E-state index contributed by atoms with van der Waals surface area (Å²) in [4.78, 5) is 4.04. The van der Waals surface area contributed by atoms with Crippen molar-refractivity contribution >= 4 is 40.0 Å². The maximum Gasteiger partial charge on any atom is 0.213 e. The minimum atomic E-state index is -3.24. The second-order valence-electron chi connectivity index (χ2n) is 4.98. The lowest BCUT2D eigenvalue weighted by Crippen LogP contribution is -2.39. The average molecular weight is 404 g/mol. The standard InChI is InChI=1S/C11H24N4O2S.HI/c1-9(2)15-18(16,17)8-7-13-11(12)14-10-5-3-4-6-10;/h9-10,15H,3-8H2,1-2H3,(H3,12,13,14);1H. The van der Waals surface area contributed by atoms with Crippen molar-refractivity contribution in [2.45, 2.75) is 51.6 Å². The van der Waals surface area contributed by atoms with E-state index in [1.807, 2.05) is 0 Å². The van der Waals surface area contributed by atoms with Crippen molar-refractivity contribution in [2.75, 3.05) is 12.3 Å². The Morgan fingerprint density at radius 3 is 2.47 bits per heavy atom. The van der Waals surface area contributed by atoms with Gasteiger partial charge in [-0.25, -0.2) is 13.1 Å². The molecule has 19 heavy (non-hydrogen) atoms. The van der Waals surface area contributed by atoms with E-state index >= 15 is 0 Å². The molecule has 0 aromatic carbocycles. The van der Waals surface area contributed by atoms with Gasteiger partial charge >= 0.3 is 0 Å². The molecule has 8 heteroatoms. The second-order valence-corrected chi connectivity index (χ2v) is 6.86. The number of hydrogen-bond acceptors (Lipinski definition) is 3. The van der Waals surface area contributed by atoms with E-state index in [2.05, 4.69) is 15.0 Å². The van der Waals surface area contributed by atoms with Crippen LogP contribution in [-0.4, -0.2) is 38.8 Å². The van der Waals surface area contributed by atoms with Crippen LogP contribution in [0.2, 0.25) is 0 Å². The molecule has 0 aromatic rings. The SMILES string of the molecule is CC(C)NS(=O)(=O)CCN=C(N)NC1CCCC1.I. The van der Waals surface area contributed by atoms with Crippen LogP contribution in [0.5, 0.6) is 0 Å².